The van der Waals surface area contributed by atoms with E-state index in [2.05, 4.69) is 9.71 Å². The summed E-state index contributed by atoms with van der Waals surface area (Å²) in [6.07, 6.45) is 3.80. The molecule has 138 valence electrons. The van der Waals surface area contributed by atoms with E-state index in [0.29, 0.717) is 23.7 Å². The fourth-order valence-corrected chi connectivity index (χ4v) is 4.52. The number of sulfonamides is 1. The van der Waals surface area contributed by atoms with Crippen LogP contribution >= 0.6 is 11.3 Å². The van der Waals surface area contributed by atoms with E-state index < -0.39 is 10.0 Å². The lowest BCUT2D eigenvalue weighted by Crippen LogP contribution is -2.13. The Hall–Kier alpha value is -2.84. The molecule has 6 nitrogen and oxygen atoms in total. The number of hydrogen-bond donors (Lipinski definition) is 1. The first-order valence-corrected chi connectivity index (χ1v) is 10.7. The van der Waals surface area contributed by atoms with Gasteiger partial charge in [-0.2, -0.15) is 0 Å². The lowest BCUT2D eigenvalue weighted by molar-refractivity contribution is 0.340. The van der Waals surface area contributed by atoms with Crippen molar-refractivity contribution in [2.24, 2.45) is 0 Å². The predicted octanol–water partition coefficient (Wildman–Crippen LogP) is 4.26. The quantitative estimate of drug-likeness (QED) is 0.526. The van der Waals surface area contributed by atoms with Crippen LogP contribution in [0.1, 0.15) is 6.92 Å². The van der Waals surface area contributed by atoms with Gasteiger partial charge in [0, 0.05) is 23.3 Å². The molecule has 0 amide bonds. The Morgan fingerprint density at radius 3 is 2.67 bits per heavy atom. The van der Waals surface area contributed by atoms with Crippen molar-refractivity contribution in [1.82, 2.24) is 9.38 Å². The average Bonchev–Trinajstić information content (AvgIpc) is 3.25. The van der Waals surface area contributed by atoms with E-state index in [0.717, 1.165) is 10.5 Å². The number of rotatable bonds is 6. The van der Waals surface area contributed by atoms with Gasteiger partial charge in [0.25, 0.3) is 10.0 Å². The summed E-state index contributed by atoms with van der Waals surface area (Å²) in [4.78, 5) is 5.60. The lowest BCUT2D eigenvalue weighted by Gasteiger charge is -2.12. The van der Waals surface area contributed by atoms with Crippen LogP contribution in [0, 0.1) is 0 Å². The maximum atomic E-state index is 12.8. The van der Waals surface area contributed by atoms with Gasteiger partial charge in [-0.05, 0) is 37.3 Å². The summed E-state index contributed by atoms with van der Waals surface area (Å²) in [5.41, 5.74) is 1.92. The van der Waals surface area contributed by atoms with Crippen LogP contribution in [-0.2, 0) is 10.0 Å². The number of para-hydroxylation sites is 1. The minimum Gasteiger partial charge on any atom is -0.494 e. The van der Waals surface area contributed by atoms with Crippen molar-refractivity contribution in [3.8, 4) is 17.0 Å². The zero-order chi connectivity index (χ0) is 18.9. The number of nitrogens with one attached hydrogen (secondary N) is 1. The number of hydrogen-bond acceptors (Lipinski definition) is 5. The molecule has 2 aromatic carbocycles. The van der Waals surface area contributed by atoms with Crippen LogP contribution in [0.2, 0.25) is 0 Å². The molecule has 0 fully saturated rings. The molecule has 4 rings (SSSR count). The lowest BCUT2D eigenvalue weighted by atomic mass is 10.1. The third-order valence-electron chi connectivity index (χ3n) is 3.99. The Balaban J connectivity index is 1.67. The highest BCUT2D eigenvalue weighted by molar-refractivity contribution is 7.92. The van der Waals surface area contributed by atoms with Gasteiger partial charge in [-0.1, -0.05) is 18.2 Å². The number of thiazole rings is 1. The number of nitrogens with zero attached hydrogens (tertiary/aromatic N) is 2. The molecule has 27 heavy (non-hydrogen) atoms. The van der Waals surface area contributed by atoms with Crippen LogP contribution in [0.25, 0.3) is 16.2 Å². The third-order valence-corrected chi connectivity index (χ3v) is 6.14. The highest BCUT2D eigenvalue weighted by Gasteiger charge is 2.18. The fraction of sp³-hybridized carbons (Fsp3) is 0.105. The first-order valence-electron chi connectivity index (χ1n) is 8.34. The molecule has 0 bridgehead atoms. The Morgan fingerprint density at radius 1 is 1.15 bits per heavy atom. The number of benzene rings is 2. The third kappa shape index (κ3) is 3.54. The van der Waals surface area contributed by atoms with Crippen LogP contribution in [0.5, 0.6) is 5.75 Å². The van der Waals surface area contributed by atoms with Gasteiger partial charge in [0.1, 0.15) is 5.75 Å². The maximum absolute atomic E-state index is 12.8. The highest BCUT2D eigenvalue weighted by atomic mass is 32.2. The van der Waals surface area contributed by atoms with E-state index in [1.807, 2.05) is 41.2 Å². The van der Waals surface area contributed by atoms with Gasteiger partial charge in [0.15, 0.2) is 4.96 Å². The second kappa shape index (κ2) is 7.05. The van der Waals surface area contributed by atoms with Crippen LogP contribution in [0.15, 0.2) is 71.2 Å². The minimum absolute atomic E-state index is 0.173. The first-order chi connectivity index (χ1) is 13.1. The Kier molecular flexibility index (Phi) is 4.59. The molecular formula is C19H17N3O3S2. The van der Waals surface area contributed by atoms with Crippen molar-refractivity contribution < 1.29 is 13.2 Å². The van der Waals surface area contributed by atoms with Crippen molar-refractivity contribution in [3.05, 3.63) is 66.3 Å². The first kappa shape index (κ1) is 17.6. The average molecular weight is 399 g/mol. The summed E-state index contributed by atoms with van der Waals surface area (Å²) in [6.45, 7) is 2.41. The van der Waals surface area contributed by atoms with Gasteiger partial charge in [-0.15, -0.1) is 11.3 Å². The largest absolute Gasteiger partial charge is 0.494 e. The van der Waals surface area contributed by atoms with Crippen molar-refractivity contribution in [3.63, 3.8) is 0 Å². The molecule has 0 unspecified atom stereocenters. The predicted molar refractivity (Wildman–Crippen MR) is 107 cm³/mol. The second-order valence-corrected chi connectivity index (χ2v) is 8.33. The molecule has 1 N–H and O–H groups in total. The van der Waals surface area contributed by atoms with Crippen molar-refractivity contribution in [1.29, 1.82) is 0 Å². The number of aromatic nitrogens is 2. The molecule has 0 saturated carbocycles. The van der Waals surface area contributed by atoms with Crippen molar-refractivity contribution in [2.45, 2.75) is 11.8 Å². The zero-order valence-corrected chi connectivity index (χ0v) is 16.1. The van der Waals surface area contributed by atoms with E-state index in [1.54, 1.807) is 24.3 Å². The normalized spacial score (nSPS) is 11.6. The minimum atomic E-state index is -3.73. The zero-order valence-electron chi connectivity index (χ0n) is 14.5. The van der Waals surface area contributed by atoms with Gasteiger partial charge in [0.05, 0.1) is 22.9 Å². The fourth-order valence-electron chi connectivity index (χ4n) is 2.74. The molecule has 0 aliphatic carbocycles. The molecule has 0 aliphatic rings. The number of ether oxygens (including phenoxy) is 1. The molecule has 2 aromatic heterocycles. The summed E-state index contributed by atoms with van der Waals surface area (Å²) in [5.74, 6) is 0.634. The second-order valence-electron chi connectivity index (χ2n) is 5.77. The van der Waals surface area contributed by atoms with E-state index in [4.69, 9.17) is 4.74 Å². The molecule has 0 radical (unpaired) electrons. The molecule has 0 saturated heterocycles. The summed E-state index contributed by atoms with van der Waals surface area (Å²) < 4.78 is 35.6. The highest BCUT2D eigenvalue weighted by Crippen LogP contribution is 2.30. The van der Waals surface area contributed by atoms with E-state index >= 15 is 0 Å². The Morgan fingerprint density at radius 2 is 1.93 bits per heavy atom. The molecule has 4 aromatic rings. The van der Waals surface area contributed by atoms with Crippen molar-refractivity contribution in [2.75, 3.05) is 11.3 Å². The Bertz CT molecular complexity index is 1150. The molecule has 2 heterocycles. The van der Waals surface area contributed by atoms with Crippen LogP contribution in [0.4, 0.5) is 5.69 Å². The van der Waals surface area contributed by atoms with Gasteiger partial charge < -0.3 is 4.74 Å². The van der Waals surface area contributed by atoms with E-state index in [-0.39, 0.29) is 4.90 Å². The van der Waals surface area contributed by atoms with E-state index in [9.17, 15) is 8.42 Å². The van der Waals surface area contributed by atoms with Gasteiger partial charge in [0.2, 0.25) is 0 Å². The van der Waals surface area contributed by atoms with Gasteiger partial charge >= 0.3 is 0 Å². The number of fused-ring (bicyclic) bond motifs is 1. The topological polar surface area (TPSA) is 72.7 Å². The SMILES string of the molecule is CCOc1ccc(S(=O)(=O)Nc2ccccc2-c2cn3ccsc3n2)cc1. The molecule has 8 heteroatoms. The van der Waals surface area contributed by atoms with Gasteiger partial charge in [-0.25, -0.2) is 13.4 Å². The van der Waals surface area contributed by atoms with Crippen LogP contribution < -0.4 is 9.46 Å². The summed E-state index contributed by atoms with van der Waals surface area (Å²) in [5, 5.41) is 1.95. The standard InChI is InChI=1S/C19H17N3O3S2/c1-2-25-14-7-9-15(10-8-14)27(23,24)21-17-6-4-3-5-16(17)18-13-22-11-12-26-19(22)20-18/h3-13,21H,2H2,1H3. The molecular weight excluding hydrogens is 382 g/mol. The van der Waals surface area contributed by atoms with Gasteiger partial charge in [-0.3, -0.25) is 9.12 Å². The van der Waals surface area contributed by atoms with Crippen LogP contribution in [-0.4, -0.2) is 24.4 Å². The Labute approximate surface area is 161 Å². The molecule has 0 aliphatic heterocycles. The van der Waals surface area contributed by atoms with E-state index in [1.165, 1.54) is 23.5 Å². The van der Waals surface area contributed by atoms with Crippen molar-refractivity contribution >= 4 is 32.0 Å². The summed E-state index contributed by atoms with van der Waals surface area (Å²) >= 11 is 1.53. The summed E-state index contributed by atoms with van der Waals surface area (Å²) in [6, 6.07) is 13.6. The molecule has 0 spiro atoms. The smallest absolute Gasteiger partial charge is 0.261 e. The number of imidazole rings is 1. The summed E-state index contributed by atoms with van der Waals surface area (Å²) in [7, 11) is -3.73. The maximum Gasteiger partial charge on any atom is 0.261 e. The monoisotopic (exact) mass is 399 g/mol. The number of anilines is 1. The van der Waals surface area contributed by atoms with Crippen LogP contribution in [0.3, 0.4) is 0 Å². The molecule has 0 atom stereocenters.